The van der Waals surface area contributed by atoms with Gasteiger partial charge in [0.2, 0.25) is 0 Å². The second-order valence-electron chi connectivity index (χ2n) is 7.36. The molecule has 0 saturated carbocycles. The Balaban J connectivity index is 1.80. The van der Waals surface area contributed by atoms with Crippen LogP contribution in [0.3, 0.4) is 0 Å². The molecule has 4 rings (SSSR count). The lowest BCUT2D eigenvalue weighted by Gasteiger charge is -2.21. The van der Waals surface area contributed by atoms with E-state index in [2.05, 4.69) is 0 Å². The molecule has 3 aromatic carbocycles. The first kappa shape index (κ1) is 19.6. The van der Waals surface area contributed by atoms with Gasteiger partial charge in [0.15, 0.2) is 0 Å². The Kier molecular flexibility index (Phi) is 5.19. The lowest BCUT2D eigenvalue weighted by atomic mass is 10.0. The largest absolute Gasteiger partial charge is 0.365 e. The fraction of sp³-hybridized carbons (Fsp3) is 0.120. The first-order valence-electron chi connectivity index (χ1n) is 9.66. The molecule has 1 heterocycles. The smallest absolute Gasteiger partial charge is 0.282 e. The molecule has 0 saturated heterocycles. The molecule has 30 heavy (non-hydrogen) atoms. The molecule has 1 aliphatic rings. The van der Waals surface area contributed by atoms with Crippen molar-refractivity contribution in [2.45, 2.75) is 13.5 Å². The van der Waals surface area contributed by atoms with Crippen molar-refractivity contribution in [3.63, 3.8) is 0 Å². The molecule has 0 unspecified atom stereocenters. The highest BCUT2D eigenvalue weighted by molar-refractivity contribution is 6.45. The number of anilines is 1. The van der Waals surface area contributed by atoms with E-state index in [1.807, 2.05) is 61.5 Å². The summed E-state index contributed by atoms with van der Waals surface area (Å²) < 4.78 is 13.8. The van der Waals surface area contributed by atoms with Gasteiger partial charge in [-0.15, -0.1) is 0 Å². The molecule has 0 N–H and O–H groups in total. The highest BCUT2D eigenvalue weighted by Gasteiger charge is 2.41. The van der Waals surface area contributed by atoms with Crippen molar-refractivity contribution >= 4 is 23.1 Å². The van der Waals surface area contributed by atoms with Gasteiger partial charge >= 0.3 is 0 Å². The number of aryl methyl sites for hydroxylation is 1. The molecule has 0 aliphatic carbocycles. The Morgan fingerprint density at radius 2 is 1.57 bits per heavy atom. The average Bonchev–Trinajstić information content (AvgIpc) is 2.99. The molecular formula is C25H21FN2O2. The zero-order valence-electron chi connectivity index (χ0n) is 16.8. The monoisotopic (exact) mass is 400 g/mol. The molecule has 0 fully saturated rings. The van der Waals surface area contributed by atoms with E-state index in [-0.39, 0.29) is 5.69 Å². The number of likely N-dealkylation sites (N-methyl/N-ethyl adjacent to an activating group) is 1. The van der Waals surface area contributed by atoms with Gasteiger partial charge in [-0.1, -0.05) is 66.2 Å². The Labute approximate surface area is 174 Å². The lowest BCUT2D eigenvalue weighted by Crippen LogP contribution is -2.34. The fourth-order valence-corrected chi connectivity index (χ4v) is 3.64. The zero-order chi connectivity index (χ0) is 21.3. The van der Waals surface area contributed by atoms with E-state index in [9.17, 15) is 14.0 Å². The van der Waals surface area contributed by atoms with Crippen molar-refractivity contribution < 1.29 is 14.0 Å². The third-order valence-electron chi connectivity index (χ3n) is 5.11. The maximum Gasteiger partial charge on any atom is 0.282 e. The van der Waals surface area contributed by atoms with Crippen LogP contribution in [-0.2, 0) is 16.1 Å². The van der Waals surface area contributed by atoms with Crippen molar-refractivity contribution in [1.82, 2.24) is 4.90 Å². The summed E-state index contributed by atoms with van der Waals surface area (Å²) in [6, 6.07) is 22.7. The van der Waals surface area contributed by atoms with Crippen molar-refractivity contribution in [1.29, 1.82) is 0 Å². The molecule has 3 aromatic rings. The zero-order valence-corrected chi connectivity index (χ0v) is 16.8. The number of hydrogen-bond donors (Lipinski definition) is 0. The van der Waals surface area contributed by atoms with E-state index in [0.717, 1.165) is 16.0 Å². The Hall–Kier alpha value is -3.73. The SMILES string of the molecule is Cc1ccc(C2=C(N(C)Cc3ccccc3)C(=O)N(c3cccc(F)c3)C2=O)cc1. The second kappa shape index (κ2) is 7.95. The molecule has 5 heteroatoms. The Morgan fingerprint density at radius 3 is 2.23 bits per heavy atom. The van der Waals surface area contributed by atoms with Gasteiger partial charge in [0.1, 0.15) is 11.5 Å². The predicted octanol–water partition coefficient (Wildman–Crippen LogP) is 4.55. The van der Waals surface area contributed by atoms with E-state index < -0.39 is 17.6 Å². The molecule has 0 atom stereocenters. The van der Waals surface area contributed by atoms with Crippen LogP contribution >= 0.6 is 0 Å². The van der Waals surface area contributed by atoms with Crippen LogP contribution in [0.1, 0.15) is 16.7 Å². The van der Waals surface area contributed by atoms with Gasteiger partial charge in [0.25, 0.3) is 11.8 Å². The summed E-state index contributed by atoms with van der Waals surface area (Å²) in [5.41, 5.74) is 3.57. The van der Waals surface area contributed by atoms with Crippen molar-refractivity contribution in [3.8, 4) is 0 Å². The first-order valence-corrected chi connectivity index (χ1v) is 9.66. The quantitative estimate of drug-likeness (QED) is 0.590. The lowest BCUT2D eigenvalue weighted by molar-refractivity contribution is -0.120. The van der Waals surface area contributed by atoms with Crippen LogP contribution in [0.15, 0.2) is 84.6 Å². The third kappa shape index (κ3) is 3.62. The minimum Gasteiger partial charge on any atom is -0.365 e. The summed E-state index contributed by atoms with van der Waals surface area (Å²) >= 11 is 0. The van der Waals surface area contributed by atoms with Crippen LogP contribution in [0.5, 0.6) is 0 Å². The van der Waals surface area contributed by atoms with Crippen LogP contribution in [-0.4, -0.2) is 23.8 Å². The number of carbonyl (C=O) groups is 2. The van der Waals surface area contributed by atoms with Crippen molar-refractivity contribution in [2.75, 3.05) is 11.9 Å². The molecule has 0 spiro atoms. The highest BCUT2D eigenvalue weighted by Crippen LogP contribution is 2.35. The van der Waals surface area contributed by atoms with Crippen LogP contribution in [0.2, 0.25) is 0 Å². The van der Waals surface area contributed by atoms with E-state index >= 15 is 0 Å². The molecule has 2 amide bonds. The van der Waals surface area contributed by atoms with Gasteiger partial charge in [-0.25, -0.2) is 9.29 Å². The van der Waals surface area contributed by atoms with E-state index in [4.69, 9.17) is 0 Å². The van der Waals surface area contributed by atoms with Gasteiger partial charge in [-0.3, -0.25) is 9.59 Å². The Morgan fingerprint density at radius 1 is 0.867 bits per heavy atom. The Bertz CT molecular complexity index is 1140. The second-order valence-corrected chi connectivity index (χ2v) is 7.36. The number of carbonyl (C=O) groups excluding carboxylic acids is 2. The average molecular weight is 400 g/mol. The minimum absolute atomic E-state index is 0.220. The normalized spacial score (nSPS) is 13.9. The maximum atomic E-state index is 13.8. The van der Waals surface area contributed by atoms with Crippen molar-refractivity contribution in [2.24, 2.45) is 0 Å². The van der Waals surface area contributed by atoms with E-state index in [1.54, 1.807) is 18.0 Å². The number of amides is 2. The maximum absolute atomic E-state index is 13.8. The summed E-state index contributed by atoms with van der Waals surface area (Å²) in [6.45, 7) is 2.42. The van der Waals surface area contributed by atoms with Gasteiger partial charge in [0, 0.05) is 13.6 Å². The third-order valence-corrected chi connectivity index (χ3v) is 5.11. The molecular weight excluding hydrogens is 379 g/mol. The van der Waals surface area contributed by atoms with Crippen LogP contribution in [0.25, 0.3) is 5.57 Å². The summed E-state index contributed by atoms with van der Waals surface area (Å²) in [5.74, 6) is -1.42. The number of rotatable bonds is 5. The molecule has 0 radical (unpaired) electrons. The summed E-state index contributed by atoms with van der Waals surface area (Å²) in [4.78, 5) is 29.6. The number of halogens is 1. The molecule has 150 valence electrons. The molecule has 4 nitrogen and oxygen atoms in total. The number of nitrogens with zero attached hydrogens (tertiary/aromatic N) is 2. The summed E-state index contributed by atoms with van der Waals surface area (Å²) in [6.07, 6.45) is 0. The van der Waals surface area contributed by atoms with Gasteiger partial charge in [-0.2, -0.15) is 0 Å². The molecule has 0 aromatic heterocycles. The van der Waals surface area contributed by atoms with Gasteiger partial charge < -0.3 is 4.90 Å². The standard InChI is InChI=1S/C25H21FN2O2/c1-17-11-13-19(14-12-17)22-23(27(2)16-18-7-4-3-5-8-18)25(30)28(24(22)29)21-10-6-9-20(26)15-21/h3-15H,16H2,1-2H3. The van der Waals surface area contributed by atoms with Crippen molar-refractivity contribution in [3.05, 3.63) is 107 Å². The van der Waals surface area contributed by atoms with Crippen LogP contribution in [0, 0.1) is 12.7 Å². The predicted molar refractivity (Wildman–Crippen MR) is 115 cm³/mol. The fourth-order valence-electron chi connectivity index (χ4n) is 3.64. The van der Waals surface area contributed by atoms with Gasteiger partial charge in [-0.05, 0) is 36.2 Å². The van der Waals surface area contributed by atoms with Gasteiger partial charge in [0.05, 0.1) is 11.3 Å². The number of benzene rings is 3. The molecule has 1 aliphatic heterocycles. The summed E-state index contributed by atoms with van der Waals surface area (Å²) in [7, 11) is 1.79. The van der Waals surface area contributed by atoms with E-state index in [0.29, 0.717) is 23.4 Å². The number of hydrogen-bond acceptors (Lipinski definition) is 3. The van der Waals surface area contributed by atoms with Crippen LogP contribution in [0.4, 0.5) is 10.1 Å². The summed E-state index contributed by atoms with van der Waals surface area (Å²) in [5, 5.41) is 0. The topological polar surface area (TPSA) is 40.6 Å². The minimum atomic E-state index is -0.504. The first-order chi connectivity index (χ1) is 14.5. The van der Waals surface area contributed by atoms with E-state index in [1.165, 1.54) is 18.2 Å². The highest BCUT2D eigenvalue weighted by atomic mass is 19.1. The van der Waals surface area contributed by atoms with Crippen LogP contribution < -0.4 is 4.90 Å². The number of imide groups is 1. The molecule has 0 bridgehead atoms.